The van der Waals surface area contributed by atoms with Crippen molar-refractivity contribution in [2.45, 2.75) is 19.4 Å². The molecule has 0 saturated carbocycles. The number of benzene rings is 2. The fourth-order valence-electron chi connectivity index (χ4n) is 2.52. The Bertz CT molecular complexity index is 839. The molecular formula is C23H24N2O2. The minimum atomic E-state index is -0.729. The molecule has 4 nitrogen and oxygen atoms in total. The zero-order valence-corrected chi connectivity index (χ0v) is 15.4. The molecule has 0 aliphatic carbocycles. The van der Waals surface area contributed by atoms with E-state index in [0.29, 0.717) is 23.3 Å². The van der Waals surface area contributed by atoms with Gasteiger partial charge in [0.15, 0.2) is 0 Å². The number of allylic oxidation sites excluding steroid dienone is 3. The molecule has 0 aliphatic heterocycles. The Hall–Kier alpha value is -3.40. The van der Waals surface area contributed by atoms with E-state index < -0.39 is 6.04 Å². The second-order valence-corrected chi connectivity index (χ2v) is 6.17. The van der Waals surface area contributed by atoms with Crippen LogP contribution in [0.4, 0.5) is 0 Å². The van der Waals surface area contributed by atoms with Crippen molar-refractivity contribution < 1.29 is 9.59 Å². The monoisotopic (exact) mass is 360 g/mol. The molecule has 0 fully saturated rings. The van der Waals surface area contributed by atoms with E-state index in [-0.39, 0.29) is 11.8 Å². The molecule has 1 unspecified atom stereocenters. The van der Waals surface area contributed by atoms with E-state index in [1.165, 1.54) is 0 Å². The van der Waals surface area contributed by atoms with Gasteiger partial charge in [0.2, 0.25) is 5.91 Å². The highest BCUT2D eigenvalue weighted by atomic mass is 16.2. The molecule has 2 amide bonds. The maximum atomic E-state index is 12.9. The van der Waals surface area contributed by atoms with Gasteiger partial charge in [0.05, 0.1) is 0 Å². The number of hydrogen-bond acceptors (Lipinski definition) is 2. The summed E-state index contributed by atoms with van der Waals surface area (Å²) in [6.45, 7) is 9.31. The summed E-state index contributed by atoms with van der Waals surface area (Å²) in [4.78, 5) is 25.4. The summed E-state index contributed by atoms with van der Waals surface area (Å²) in [6, 6.07) is 17.7. The summed E-state index contributed by atoms with van der Waals surface area (Å²) in [5.74, 6) is -0.601. The Morgan fingerprint density at radius 3 is 2.19 bits per heavy atom. The van der Waals surface area contributed by atoms with Crippen LogP contribution >= 0.6 is 0 Å². The van der Waals surface area contributed by atoms with Gasteiger partial charge in [0, 0.05) is 17.7 Å². The molecule has 0 saturated heterocycles. The number of carbonyl (C=O) groups is 2. The van der Waals surface area contributed by atoms with Gasteiger partial charge in [-0.05, 0) is 36.3 Å². The number of rotatable bonds is 8. The SMILES string of the molecule is C=C/C=C(/NC(=O)C(Cc1ccccc1)NC(=O)c1ccccc1)C(=C)C. The van der Waals surface area contributed by atoms with E-state index in [1.807, 2.05) is 36.4 Å². The molecule has 0 aliphatic rings. The van der Waals surface area contributed by atoms with Gasteiger partial charge in [0.25, 0.3) is 5.91 Å². The van der Waals surface area contributed by atoms with Crippen LogP contribution in [0.5, 0.6) is 0 Å². The van der Waals surface area contributed by atoms with E-state index in [4.69, 9.17) is 0 Å². The van der Waals surface area contributed by atoms with E-state index in [2.05, 4.69) is 23.8 Å². The van der Waals surface area contributed by atoms with Gasteiger partial charge < -0.3 is 10.6 Å². The van der Waals surface area contributed by atoms with Crippen LogP contribution in [0.25, 0.3) is 0 Å². The lowest BCUT2D eigenvalue weighted by atomic mass is 10.0. The van der Waals surface area contributed by atoms with E-state index in [1.54, 1.807) is 43.3 Å². The van der Waals surface area contributed by atoms with Crippen LogP contribution in [0.2, 0.25) is 0 Å². The van der Waals surface area contributed by atoms with Crippen molar-refractivity contribution in [1.29, 1.82) is 0 Å². The molecule has 4 heteroatoms. The van der Waals surface area contributed by atoms with Crippen LogP contribution in [0, 0.1) is 0 Å². The van der Waals surface area contributed by atoms with E-state index in [9.17, 15) is 9.59 Å². The summed E-state index contributed by atoms with van der Waals surface area (Å²) in [7, 11) is 0. The molecule has 0 aromatic heterocycles. The van der Waals surface area contributed by atoms with Crippen molar-refractivity contribution in [3.63, 3.8) is 0 Å². The van der Waals surface area contributed by atoms with Gasteiger partial charge in [0.1, 0.15) is 6.04 Å². The predicted molar refractivity (Wildman–Crippen MR) is 109 cm³/mol. The van der Waals surface area contributed by atoms with Crippen LogP contribution in [0.15, 0.2) is 97.2 Å². The number of hydrogen-bond donors (Lipinski definition) is 2. The van der Waals surface area contributed by atoms with Crippen molar-refractivity contribution in [3.05, 3.63) is 108 Å². The van der Waals surface area contributed by atoms with Gasteiger partial charge in [-0.2, -0.15) is 0 Å². The first-order valence-corrected chi connectivity index (χ1v) is 8.70. The number of amides is 2. The number of carbonyl (C=O) groups excluding carboxylic acids is 2. The molecule has 0 bridgehead atoms. The van der Waals surface area contributed by atoms with Crippen LogP contribution in [-0.4, -0.2) is 17.9 Å². The molecular weight excluding hydrogens is 336 g/mol. The van der Waals surface area contributed by atoms with Crippen LogP contribution < -0.4 is 10.6 Å². The Balaban J connectivity index is 2.21. The van der Waals surface area contributed by atoms with Crippen molar-refractivity contribution in [3.8, 4) is 0 Å². The van der Waals surface area contributed by atoms with Crippen molar-refractivity contribution in [2.75, 3.05) is 0 Å². The standard InChI is InChI=1S/C23H24N2O2/c1-4-11-20(17(2)3)24-23(27)21(16-18-12-7-5-8-13-18)25-22(26)19-14-9-6-10-15-19/h4-15,21H,1-2,16H2,3H3,(H,24,27)(H,25,26)/b20-11+. The third-order valence-electron chi connectivity index (χ3n) is 3.94. The van der Waals surface area contributed by atoms with Crippen molar-refractivity contribution in [2.24, 2.45) is 0 Å². The molecule has 2 aromatic carbocycles. The molecule has 1 atom stereocenters. The smallest absolute Gasteiger partial charge is 0.251 e. The van der Waals surface area contributed by atoms with E-state index >= 15 is 0 Å². The Labute approximate surface area is 160 Å². The highest BCUT2D eigenvalue weighted by Gasteiger charge is 2.22. The van der Waals surface area contributed by atoms with E-state index in [0.717, 1.165) is 5.56 Å². The summed E-state index contributed by atoms with van der Waals surface area (Å²) < 4.78 is 0. The van der Waals surface area contributed by atoms with Crippen molar-refractivity contribution >= 4 is 11.8 Å². The lowest BCUT2D eigenvalue weighted by molar-refractivity contribution is -0.122. The van der Waals surface area contributed by atoms with Gasteiger partial charge in [-0.15, -0.1) is 0 Å². The predicted octanol–water partition coefficient (Wildman–Crippen LogP) is 3.79. The fourth-order valence-corrected chi connectivity index (χ4v) is 2.52. The Kier molecular flexibility index (Phi) is 7.32. The van der Waals surface area contributed by atoms with Gasteiger partial charge in [-0.25, -0.2) is 0 Å². The maximum Gasteiger partial charge on any atom is 0.251 e. The molecule has 2 aromatic rings. The molecule has 2 rings (SSSR count). The minimum absolute atomic E-state index is 0.295. The topological polar surface area (TPSA) is 58.2 Å². The zero-order chi connectivity index (χ0) is 19.6. The van der Waals surface area contributed by atoms with Crippen molar-refractivity contribution in [1.82, 2.24) is 10.6 Å². The average molecular weight is 360 g/mol. The summed E-state index contributed by atoms with van der Waals surface area (Å²) in [5, 5.41) is 5.67. The van der Waals surface area contributed by atoms with Gasteiger partial charge >= 0.3 is 0 Å². The molecule has 0 heterocycles. The largest absolute Gasteiger partial charge is 0.340 e. The third-order valence-corrected chi connectivity index (χ3v) is 3.94. The van der Waals surface area contributed by atoms with Gasteiger partial charge in [-0.1, -0.05) is 67.8 Å². The van der Waals surface area contributed by atoms with Crippen LogP contribution in [0.1, 0.15) is 22.8 Å². The third kappa shape index (κ3) is 6.12. The van der Waals surface area contributed by atoms with Gasteiger partial charge in [-0.3, -0.25) is 9.59 Å². The first-order valence-electron chi connectivity index (χ1n) is 8.70. The lowest BCUT2D eigenvalue weighted by Gasteiger charge is -2.20. The second kappa shape index (κ2) is 9.92. The molecule has 27 heavy (non-hydrogen) atoms. The Morgan fingerprint density at radius 1 is 1.04 bits per heavy atom. The zero-order valence-electron chi connectivity index (χ0n) is 15.4. The number of nitrogens with one attached hydrogen (secondary N) is 2. The first kappa shape index (κ1) is 19.9. The minimum Gasteiger partial charge on any atom is -0.340 e. The first-order chi connectivity index (χ1) is 13.0. The molecule has 0 radical (unpaired) electrons. The lowest BCUT2D eigenvalue weighted by Crippen LogP contribution is -2.47. The second-order valence-electron chi connectivity index (χ2n) is 6.17. The maximum absolute atomic E-state index is 12.9. The normalized spacial score (nSPS) is 12.0. The molecule has 0 spiro atoms. The summed E-state index contributed by atoms with van der Waals surface area (Å²) in [5.41, 5.74) is 2.74. The fraction of sp³-hybridized carbons (Fsp3) is 0.130. The average Bonchev–Trinajstić information content (AvgIpc) is 2.68. The summed E-state index contributed by atoms with van der Waals surface area (Å²) in [6.07, 6.45) is 3.64. The highest BCUT2D eigenvalue weighted by molar-refractivity contribution is 5.97. The Morgan fingerprint density at radius 2 is 1.63 bits per heavy atom. The quantitative estimate of drug-likeness (QED) is 0.704. The van der Waals surface area contributed by atoms with Crippen LogP contribution in [-0.2, 0) is 11.2 Å². The highest BCUT2D eigenvalue weighted by Crippen LogP contribution is 2.08. The van der Waals surface area contributed by atoms with Crippen LogP contribution in [0.3, 0.4) is 0 Å². The molecule has 138 valence electrons. The summed E-state index contributed by atoms with van der Waals surface area (Å²) >= 11 is 0. The molecule has 2 N–H and O–H groups in total.